The lowest BCUT2D eigenvalue weighted by Gasteiger charge is -2.42. The lowest BCUT2D eigenvalue weighted by molar-refractivity contribution is -0.153. The van der Waals surface area contributed by atoms with Gasteiger partial charge in [0.1, 0.15) is 11.3 Å². The average molecular weight is 410 g/mol. The van der Waals surface area contributed by atoms with Gasteiger partial charge in [-0.2, -0.15) is 0 Å². The molecule has 7 nitrogen and oxygen atoms in total. The highest BCUT2D eigenvalue weighted by atomic mass is 16.5. The summed E-state index contributed by atoms with van der Waals surface area (Å²) in [7, 11) is 1.53. The second kappa shape index (κ2) is 8.18. The molecule has 0 saturated heterocycles. The summed E-state index contributed by atoms with van der Waals surface area (Å²) in [5, 5.41) is 2.81. The minimum Gasteiger partial charge on any atom is -0.496 e. The number of carbonyl (C=O) groups excluding carboxylic acids is 3. The van der Waals surface area contributed by atoms with Crippen LogP contribution in [0.1, 0.15) is 31.9 Å². The summed E-state index contributed by atoms with van der Waals surface area (Å²) in [4.78, 5) is 39.7. The van der Waals surface area contributed by atoms with Crippen LogP contribution in [0.2, 0.25) is 0 Å². The first kappa shape index (κ1) is 21.4. The molecular weight excluding hydrogens is 384 g/mol. The number of hydrogen-bond acceptors (Lipinski definition) is 5. The highest BCUT2D eigenvalue weighted by molar-refractivity contribution is 6.15. The Morgan fingerprint density at radius 1 is 1.17 bits per heavy atom. The third kappa shape index (κ3) is 4.01. The van der Waals surface area contributed by atoms with Crippen molar-refractivity contribution >= 4 is 29.2 Å². The summed E-state index contributed by atoms with van der Waals surface area (Å²) in [6.45, 7) is 6.74. The molecule has 0 spiro atoms. The molecule has 2 aromatic rings. The van der Waals surface area contributed by atoms with Crippen molar-refractivity contribution in [2.45, 2.75) is 45.8 Å². The molecular formula is C23H26N2O5. The van der Waals surface area contributed by atoms with Gasteiger partial charge in [0.15, 0.2) is 6.10 Å². The van der Waals surface area contributed by atoms with Crippen molar-refractivity contribution in [2.24, 2.45) is 0 Å². The van der Waals surface area contributed by atoms with Crippen LogP contribution in [0.4, 0.5) is 11.4 Å². The van der Waals surface area contributed by atoms with Crippen LogP contribution in [0.15, 0.2) is 42.5 Å². The van der Waals surface area contributed by atoms with Gasteiger partial charge in [0, 0.05) is 5.56 Å². The summed E-state index contributed by atoms with van der Waals surface area (Å²) < 4.78 is 10.7. The quantitative estimate of drug-likeness (QED) is 0.765. The first-order valence-corrected chi connectivity index (χ1v) is 9.72. The van der Waals surface area contributed by atoms with Crippen LogP contribution in [0.25, 0.3) is 0 Å². The number of carbonyl (C=O) groups is 3. The normalized spacial score (nSPS) is 15.6. The van der Waals surface area contributed by atoms with Gasteiger partial charge in [-0.05, 0) is 45.9 Å². The molecule has 1 aliphatic rings. The van der Waals surface area contributed by atoms with Crippen LogP contribution in [-0.4, -0.2) is 36.5 Å². The fourth-order valence-corrected chi connectivity index (χ4v) is 3.52. The average Bonchev–Trinajstić information content (AvgIpc) is 2.68. The molecule has 3 rings (SSSR count). The number of methoxy groups -OCH3 is 1. The first-order chi connectivity index (χ1) is 14.1. The van der Waals surface area contributed by atoms with Crippen molar-refractivity contribution < 1.29 is 23.9 Å². The number of nitrogens with zero attached hydrogens (tertiary/aromatic N) is 1. The lowest BCUT2D eigenvalue weighted by atomic mass is 9.95. The molecule has 0 fully saturated rings. The zero-order chi connectivity index (χ0) is 22.1. The number of ether oxygens (including phenoxy) is 2. The van der Waals surface area contributed by atoms with Crippen LogP contribution >= 0.6 is 0 Å². The van der Waals surface area contributed by atoms with E-state index in [0.29, 0.717) is 22.7 Å². The van der Waals surface area contributed by atoms with Gasteiger partial charge in [-0.3, -0.25) is 19.3 Å². The Kier molecular flexibility index (Phi) is 5.82. The van der Waals surface area contributed by atoms with Crippen molar-refractivity contribution in [1.29, 1.82) is 0 Å². The fraction of sp³-hybridized carbons (Fsp3) is 0.348. The molecule has 0 aliphatic carbocycles. The molecule has 7 heteroatoms. The van der Waals surface area contributed by atoms with E-state index in [0.717, 1.165) is 5.56 Å². The topological polar surface area (TPSA) is 84.9 Å². The van der Waals surface area contributed by atoms with E-state index in [1.165, 1.54) is 18.9 Å². The molecule has 2 amide bonds. The van der Waals surface area contributed by atoms with Crippen molar-refractivity contribution in [3.63, 3.8) is 0 Å². The van der Waals surface area contributed by atoms with Crippen molar-refractivity contribution in [1.82, 2.24) is 0 Å². The van der Waals surface area contributed by atoms with Gasteiger partial charge in [-0.1, -0.05) is 29.8 Å². The first-order valence-electron chi connectivity index (χ1n) is 9.72. The van der Waals surface area contributed by atoms with Crippen LogP contribution in [-0.2, 0) is 25.5 Å². The van der Waals surface area contributed by atoms with E-state index in [2.05, 4.69) is 5.32 Å². The molecule has 0 aromatic heterocycles. The second-order valence-corrected chi connectivity index (χ2v) is 7.83. The predicted molar refractivity (Wildman–Crippen MR) is 114 cm³/mol. The molecule has 1 N–H and O–H groups in total. The minimum atomic E-state index is -1.13. The Bertz CT molecular complexity index is 999. The van der Waals surface area contributed by atoms with Crippen molar-refractivity contribution in [2.75, 3.05) is 17.3 Å². The molecule has 0 unspecified atom stereocenters. The SMILES string of the molecule is COc1ccc(C)cc1CC(=O)O[C@@H](C)C(=O)N1c2ccccc2NC(=O)C1(C)C. The fourth-order valence-electron chi connectivity index (χ4n) is 3.52. The van der Waals surface area contributed by atoms with Gasteiger partial charge < -0.3 is 14.8 Å². The van der Waals surface area contributed by atoms with Gasteiger partial charge in [0.2, 0.25) is 5.91 Å². The minimum absolute atomic E-state index is 0.0249. The molecule has 1 heterocycles. The molecule has 1 aliphatic heterocycles. The molecule has 0 radical (unpaired) electrons. The molecule has 0 bridgehead atoms. The number of fused-ring (bicyclic) bond motifs is 1. The van der Waals surface area contributed by atoms with E-state index in [1.807, 2.05) is 19.1 Å². The van der Waals surface area contributed by atoms with E-state index in [1.54, 1.807) is 44.2 Å². The van der Waals surface area contributed by atoms with E-state index in [4.69, 9.17) is 9.47 Å². The lowest BCUT2D eigenvalue weighted by Crippen LogP contribution is -2.60. The summed E-state index contributed by atoms with van der Waals surface area (Å²) in [6.07, 6.45) is -1.09. The van der Waals surface area contributed by atoms with Gasteiger partial charge in [-0.15, -0.1) is 0 Å². The van der Waals surface area contributed by atoms with Gasteiger partial charge >= 0.3 is 5.97 Å². The molecule has 158 valence electrons. The van der Waals surface area contributed by atoms with Crippen LogP contribution in [0.5, 0.6) is 5.75 Å². The Morgan fingerprint density at radius 2 is 1.87 bits per heavy atom. The van der Waals surface area contributed by atoms with Crippen LogP contribution in [0, 0.1) is 6.92 Å². The van der Waals surface area contributed by atoms with Crippen molar-refractivity contribution in [3.05, 3.63) is 53.6 Å². The number of nitrogens with one attached hydrogen (secondary N) is 1. The predicted octanol–water partition coefficient (Wildman–Crippen LogP) is 3.24. The van der Waals surface area contributed by atoms with E-state index >= 15 is 0 Å². The monoisotopic (exact) mass is 410 g/mol. The molecule has 1 atom stereocenters. The Morgan fingerprint density at radius 3 is 2.57 bits per heavy atom. The number of hydrogen-bond donors (Lipinski definition) is 1. The summed E-state index contributed by atoms with van der Waals surface area (Å²) in [6, 6.07) is 12.6. The van der Waals surface area contributed by atoms with E-state index in [-0.39, 0.29) is 12.3 Å². The van der Waals surface area contributed by atoms with E-state index < -0.39 is 23.5 Å². The Balaban J connectivity index is 1.79. The third-order valence-corrected chi connectivity index (χ3v) is 5.15. The largest absolute Gasteiger partial charge is 0.496 e. The summed E-state index contributed by atoms with van der Waals surface area (Å²) >= 11 is 0. The highest BCUT2D eigenvalue weighted by Gasteiger charge is 2.45. The van der Waals surface area contributed by atoms with Gasteiger partial charge in [-0.25, -0.2) is 0 Å². The molecule has 30 heavy (non-hydrogen) atoms. The summed E-state index contributed by atoms with van der Waals surface area (Å²) in [5.74, 6) is -0.740. The maximum Gasteiger partial charge on any atom is 0.311 e. The van der Waals surface area contributed by atoms with Gasteiger partial charge in [0.05, 0.1) is 24.9 Å². The smallest absolute Gasteiger partial charge is 0.311 e. The van der Waals surface area contributed by atoms with Crippen LogP contribution in [0.3, 0.4) is 0 Å². The van der Waals surface area contributed by atoms with Crippen molar-refractivity contribution in [3.8, 4) is 5.75 Å². The molecule has 0 saturated carbocycles. The Hall–Kier alpha value is -3.35. The molecule has 2 aromatic carbocycles. The maximum atomic E-state index is 13.2. The Labute approximate surface area is 176 Å². The zero-order valence-corrected chi connectivity index (χ0v) is 17.8. The van der Waals surface area contributed by atoms with Gasteiger partial charge in [0.25, 0.3) is 5.91 Å². The summed E-state index contributed by atoms with van der Waals surface area (Å²) in [5.41, 5.74) is 1.64. The number of aryl methyl sites for hydroxylation is 1. The number of rotatable bonds is 5. The number of benzene rings is 2. The highest BCUT2D eigenvalue weighted by Crippen LogP contribution is 2.37. The second-order valence-electron chi connectivity index (χ2n) is 7.83. The number of esters is 1. The van der Waals surface area contributed by atoms with Crippen LogP contribution < -0.4 is 15.0 Å². The maximum absolute atomic E-state index is 13.2. The van der Waals surface area contributed by atoms with E-state index in [9.17, 15) is 14.4 Å². The zero-order valence-electron chi connectivity index (χ0n) is 17.8. The number of para-hydroxylation sites is 2. The number of amides is 2. The number of anilines is 2. The third-order valence-electron chi connectivity index (χ3n) is 5.15. The standard InChI is InChI=1S/C23H26N2O5/c1-14-10-11-19(29-5)16(12-14)13-20(26)30-15(2)21(27)25-18-9-7-6-8-17(18)24-22(28)23(25,3)4/h6-12,15H,13H2,1-5H3,(H,24,28)/t15-/m0/s1.